The minimum atomic E-state index is -3.85. The predicted octanol–water partition coefficient (Wildman–Crippen LogP) is 2.86. The predicted molar refractivity (Wildman–Crippen MR) is 93.4 cm³/mol. The molecule has 7 nitrogen and oxygen atoms in total. The van der Waals surface area contributed by atoms with E-state index < -0.39 is 10.0 Å². The fourth-order valence-corrected chi connectivity index (χ4v) is 4.63. The molecule has 0 aliphatic rings. The van der Waals surface area contributed by atoms with Crippen LogP contribution in [0.25, 0.3) is 4.96 Å². The zero-order valence-electron chi connectivity index (χ0n) is 13.6. The summed E-state index contributed by atoms with van der Waals surface area (Å²) in [4.78, 5) is 4.89. The van der Waals surface area contributed by atoms with Gasteiger partial charge in [-0.2, -0.15) is 18.0 Å². The van der Waals surface area contributed by atoms with Crippen LogP contribution in [0.5, 0.6) is 5.75 Å². The Kier molecular flexibility index (Phi) is 4.46. The molecule has 9 heteroatoms. The summed E-state index contributed by atoms with van der Waals surface area (Å²) in [5.74, 6) is 0.481. The molecule has 2 heterocycles. The molecule has 24 heavy (non-hydrogen) atoms. The number of benzene rings is 1. The summed E-state index contributed by atoms with van der Waals surface area (Å²) in [6.07, 6.45) is 0.729. The van der Waals surface area contributed by atoms with Crippen molar-refractivity contribution < 1.29 is 13.2 Å². The standard InChI is InChI=1S/C15H18N4O3S2/c1-4-13-17-19-14(10(3)16-15(19)23-13)24(20,21)18-11-8-6-7-9-12(11)22-5-2/h6-9,18H,4-5H2,1-3H3. The van der Waals surface area contributed by atoms with Crippen molar-refractivity contribution in [1.82, 2.24) is 14.6 Å². The van der Waals surface area contributed by atoms with Gasteiger partial charge in [0.15, 0.2) is 0 Å². The van der Waals surface area contributed by atoms with E-state index in [1.165, 1.54) is 15.9 Å². The Morgan fingerprint density at radius 3 is 2.75 bits per heavy atom. The van der Waals surface area contributed by atoms with E-state index in [1.54, 1.807) is 31.2 Å². The first-order valence-corrected chi connectivity index (χ1v) is 9.86. The lowest BCUT2D eigenvalue weighted by Crippen LogP contribution is -2.17. The van der Waals surface area contributed by atoms with Crippen molar-refractivity contribution in [3.63, 3.8) is 0 Å². The van der Waals surface area contributed by atoms with Gasteiger partial charge in [0.1, 0.15) is 10.8 Å². The number of ether oxygens (including phenoxy) is 1. The van der Waals surface area contributed by atoms with Gasteiger partial charge in [-0.25, -0.2) is 4.98 Å². The average Bonchev–Trinajstić information content (AvgIpc) is 3.04. The number of fused-ring (bicyclic) bond motifs is 1. The second kappa shape index (κ2) is 6.40. The van der Waals surface area contributed by atoms with Crippen LogP contribution in [0.4, 0.5) is 5.69 Å². The highest BCUT2D eigenvalue weighted by atomic mass is 32.2. The first-order chi connectivity index (χ1) is 11.5. The third-order valence-corrected chi connectivity index (χ3v) is 5.87. The number of anilines is 1. The van der Waals surface area contributed by atoms with Gasteiger partial charge in [0, 0.05) is 0 Å². The van der Waals surface area contributed by atoms with Gasteiger partial charge >= 0.3 is 0 Å². The number of hydrogen-bond donors (Lipinski definition) is 1. The number of hydrogen-bond acceptors (Lipinski definition) is 6. The van der Waals surface area contributed by atoms with Crippen molar-refractivity contribution in [3.05, 3.63) is 35.0 Å². The summed E-state index contributed by atoms with van der Waals surface area (Å²) in [6.45, 7) is 5.92. The second-order valence-corrected chi connectivity index (χ2v) is 7.72. The highest BCUT2D eigenvalue weighted by Gasteiger charge is 2.26. The quantitative estimate of drug-likeness (QED) is 0.725. The van der Waals surface area contributed by atoms with Crippen molar-refractivity contribution in [1.29, 1.82) is 0 Å². The number of rotatable bonds is 6. The molecule has 0 fully saturated rings. The Morgan fingerprint density at radius 1 is 1.29 bits per heavy atom. The molecule has 0 spiro atoms. The third kappa shape index (κ3) is 2.96. The molecule has 0 saturated heterocycles. The Morgan fingerprint density at radius 2 is 2.04 bits per heavy atom. The molecule has 0 radical (unpaired) electrons. The zero-order chi connectivity index (χ0) is 17.3. The van der Waals surface area contributed by atoms with Crippen LogP contribution in [0.3, 0.4) is 0 Å². The molecule has 0 aliphatic carbocycles. The summed E-state index contributed by atoms with van der Waals surface area (Å²) in [6, 6.07) is 6.92. The van der Waals surface area contributed by atoms with Crippen LogP contribution in [0.15, 0.2) is 29.3 Å². The van der Waals surface area contributed by atoms with Gasteiger partial charge in [-0.3, -0.25) is 4.72 Å². The van der Waals surface area contributed by atoms with Crippen LogP contribution >= 0.6 is 11.3 Å². The molecule has 0 amide bonds. The molecule has 0 aliphatic heterocycles. The first-order valence-electron chi connectivity index (χ1n) is 7.56. The normalized spacial score (nSPS) is 11.8. The van der Waals surface area contributed by atoms with E-state index in [1.807, 2.05) is 13.8 Å². The monoisotopic (exact) mass is 366 g/mol. The number of aromatic nitrogens is 3. The molecule has 0 saturated carbocycles. The molecule has 2 aromatic heterocycles. The van der Waals surface area contributed by atoms with Crippen LogP contribution < -0.4 is 9.46 Å². The van der Waals surface area contributed by atoms with Crippen LogP contribution in [-0.2, 0) is 16.4 Å². The van der Waals surface area contributed by atoms with E-state index in [2.05, 4.69) is 14.8 Å². The maximum Gasteiger partial charge on any atom is 0.281 e. The maximum atomic E-state index is 12.9. The van der Waals surface area contributed by atoms with E-state index >= 15 is 0 Å². The highest BCUT2D eigenvalue weighted by Crippen LogP contribution is 2.28. The van der Waals surface area contributed by atoms with Crippen LogP contribution in [0.2, 0.25) is 0 Å². The van der Waals surface area contributed by atoms with Crippen molar-refractivity contribution in [2.45, 2.75) is 32.2 Å². The fourth-order valence-electron chi connectivity index (χ4n) is 2.35. The summed E-state index contributed by atoms with van der Waals surface area (Å²) < 4.78 is 35.2. The van der Waals surface area contributed by atoms with Crippen LogP contribution in [0, 0.1) is 6.92 Å². The van der Waals surface area contributed by atoms with Crippen LogP contribution in [0.1, 0.15) is 24.5 Å². The second-order valence-electron chi connectivity index (χ2n) is 5.08. The van der Waals surface area contributed by atoms with Gasteiger partial charge in [-0.15, -0.1) is 0 Å². The highest BCUT2D eigenvalue weighted by molar-refractivity contribution is 7.92. The number of nitrogens with one attached hydrogen (secondary N) is 1. The SMILES string of the molecule is CCOc1ccccc1NS(=O)(=O)c1c(C)nc2sc(CC)nn12. The topological polar surface area (TPSA) is 85.6 Å². The van der Waals surface area contributed by atoms with Gasteiger partial charge in [0.2, 0.25) is 9.99 Å². The molecule has 3 aromatic rings. The van der Waals surface area contributed by atoms with Gasteiger partial charge in [0.25, 0.3) is 10.0 Å². The Hall–Kier alpha value is -2.13. The lowest BCUT2D eigenvalue weighted by Gasteiger charge is -2.12. The molecule has 3 rings (SSSR count). The Balaban J connectivity index is 2.05. The summed E-state index contributed by atoms with van der Waals surface area (Å²) in [5, 5.41) is 5.23. The van der Waals surface area contributed by atoms with Crippen LogP contribution in [-0.4, -0.2) is 29.6 Å². The first kappa shape index (κ1) is 16.7. The van der Waals surface area contributed by atoms with Gasteiger partial charge in [-0.05, 0) is 32.4 Å². The number of imidazole rings is 1. The molecule has 1 aromatic carbocycles. The van der Waals surface area contributed by atoms with Crippen molar-refractivity contribution in [3.8, 4) is 5.75 Å². The van der Waals surface area contributed by atoms with E-state index in [0.717, 1.165) is 11.4 Å². The lowest BCUT2D eigenvalue weighted by atomic mass is 10.3. The molecule has 0 bridgehead atoms. The molecule has 0 atom stereocenters. The number of nitrogens with zero attached hydrogens (tertiary/aromatic N) is 3. The van der Waals surface area contributed by atoms with Crippen molar-refractivity contribution in [2.24, 2.45) is 0 Å². The van der Waals surface area contributed by atoms with E-state index in [0.29, 0.717) is 28.7 Å². The smallest absolute Gasteiger partial charge is 0.281 e. The zero-order valence-corrected chi connectivity index (χ0v) is 15.2. The minimum Gasteiger partial charge on any atom is -0.492 e. The summed E-state index contributed by atoms with van der Waals surface area (Å²) in [7, 11) is -3.85. The van der Waals surface area contributed by atoms with Crippen molar-refractivity contribution in [2.75, 3.05) is 11.3 Å². The summed E-state index contributed by atoms with van der Waals surface area (Å²) >= 11 is 1.39. The fraction of sp³-hybridized carbons (Fsp3) is 0.333. The van der Waals surface area contributed by atoms with E-state index in [9.17, 15) is 8.42 Å². The number of sulfonamides is 1. The Labute approximate surface area is 144 Å². The largest absolute Gasteiger partial charge is 0.492 e. The molecular formula is C15H18N4O3S2. The molecular weight excluding hydrogens is 348 g/mol. The van der Waals surface area contributed by atoms with Gasteiger partial charge < -0.3 is 4.74 Å². The number of aryl methyl sites for hydroxylation is 2. The molecule has 1 N–H and O–H groups in total. The lowest BCUT2D eigenvalue weighted by molar-refractivity contribution is 0.342. The Bertz CT molecular complexity index is 976. The van der Waals surface area contributed by atoms with E-state index in [-0.39, 0.29) is 5.03 Å². The molecule has 0 unspecified atom stereocenters. The average molecular weight is 366 g/mol. The maximum absolute atomic E-state index is 12.9. The molecule has 128 valence electrons. The van der Waals surface area contributed by atoms with Crippen molar-refractivity contribution >= 4 is 32.0 Å². The van der Waals surface area contributed by atoms with Gasteiger partial charge in [-0.1, -0.05) is 30.4 Å². The minimum absolute atomic E-state index is 0.0553. The third-order valence-electron chi connectivity index (χ3n) is 3.36. The van der Waals surface area contributed by atoms with Gasteiger partial charge in [0.05, 0.1) is 18.0 Å². The number of para-hydroxylation sites is 2. The summed E-state index contributed by atoms with van der Waals surface area (Å²) in [5.41, 5.74) is 0.803. The van der Waals surface area contributed by atoms with E-state index in [4.69, 9.17) is 4.74 Å².